The second-order valence-corrected chi connectivity index (χ2v) is 7.29. The van der Waals surface area contributed by atoms with Gasteiger partial charge in [0.15, 0.2) is 0 Å². The number of aromatic nitrogens is 1. The summed E-state index contributed by atoms with van der Waals surface area (Å²) in [6.45, 7) is 5.55. The Morgan fingerprint density at radius 1 is 1.16 bits per heavy atom. The highest BCUT2D eigenvalue weighted by Gasteiger charge is 2.23. The van der Waals surface area contributed by atoms with Crippen molar-refractivity contribution in [1.82, 2.24) is 14.8 Å². The summed E-state index contributed by atoms with van der Waals surface area (Å²) in [4.78, 5) is 31.9. The molecule has 2 heterocycles. The third kappa shape index (κ3) is 5.27. The second kappa shape index (κ2) is 10.2. The van der Waals surface area contributed by atoms with Gasteiger partial charge in [0, 0.05) is 50.1 Å². The lowest BCUT2D eigenvalue weighted by Crippen LogP contribution is -2.51. The molecule has 0 atom stereocenters. The normalized spacial score (nSPS) is 13.5. The smallest absolute Gasteiger partial charge is 0.246 e. The van der Waals surface area contributed by atoms with Crippen molar-refractivity contribution < 1.29 is 19.1 Å². The molecule has 0 aliphatic carbocycles. The van der Waals surface area contributed by atoms with Crippen molar-refractivity contribution in [1.29, 1.82) is 0 Å². The van der Waals surface area contributed by atoms with Crippen LogP contribution in [0.1, 0.15) is 0 Å². The van der Waals surface area contributed by atoms with E-state index in [1.54, 1.807) is 42.3 Å². The zero-order valence-corrected chi connectivity index (χ0v) is 18.3. The van der Waals surface area contributed by atoms with Crippen molar-refractivity contribution in [3.63, 3.8) is 0 Å². The number of hydrogen-bond donors (Lipinski definition) is 1. The monoisotopic (exact) mass is 444 g/mol. The summed E-state index contributed by atoms with van der Waals surface area (Å²) in [7, 11) is 3.09. The molecule has 1 aromatic heterocycles. The second-order valence-electron chi connectivity index (χ2n) is 6.88. The molecule has 1 aliphatic heterocycles. The summed E-state index contributed by atoms with van der Waals surface area (Å²) in [6.07, 6.45) is 2.93. The van der Waals surface area contributed by atoms with Crippen molar-refractivity contribution in [3.05, 3.63) is 48.1 Å². The van der Waals surface area contributed by atoms with E-state index in [1.165, 1.54) is 6.08 Å². The molecule has 31 heavy (non-hydrogen) atoms. The zero-order chi connectivity index (χ0) is 22.4. The molecule has 0 spiro atoms. The van der Waals surface area contributed by atoms with Gasteiger partial charge in [0.1, 0.15) is 5.75 Å². The summed E-state index contributed by atoms with van der Waals surface area (Å²) in [5.41, 5.74) is 2.23. The molecule has 8 nitrogen and oxygen atoms in total. The van der Waals surface area contributed by atoms with Gasteiger partial charge in [-0.1, -0.05) is 18.2 Å². The van der Waals surface area contributed by atoms with Crippen molar-refractivity contribution in [2.45, 2.75) is 0 Å². The van der Waals surface area contributed by atoms with Crippen molar-refractivity contribution in [3.8, 4) is 22.8 Å². The quantitative estimate of drug-likeness (QED) is 0.661. The van der Waals surface area contributed by atoms with E-state index in [0.29, 0.717) is 48.5 Å². The summed E-state index contributed by atoms with van der Waals surface area (Å²) in [6, 6.07) is 7.15. The fraction of sp³-hybridized carbons (Fsp3) is 0.318. The molecule has 1 aromatic carbocycles. The molecular formula is C22H25ClN4O4. The number of anilines is 1. The van der Waals surface area contributed by atoms with Gasteiger partial charge in [0.2, 0.25) is 17.7 Å². The van der Waals surface area contributed by atoms with Gasteiger partial charge in [-0.2, -0.15) is 0 Å². The van der Waals surface area contributed by atoms with Gasteiger partial charge < -0.3 is 24.6 Å². The van der Waals surface area contributed by atoms with E-state index >= 15 is 0 Å². The number of hydrogen-bond acceptors (Lipinski definition) is 6. The highest BCUT2D eigenvalue weighted by atomic mass is 35.5. The number of nitrogens with one attached hydrogen (secondary N) is 1. The highest BCUT2D eigenvalue weighted by Crippen LogP contribution is 2.37. The third-order valence-electron chi connectivity index (χ3n) is 5.09. The van der Waals surface area contributed by atoms with E-state index in [9.17, 15) is 9.59 Å². The van der Waals surface area contributed by atoms with Crippen LogP contribution in [0.2, 0.25) is 5.02 Å². The predicted octanol–water partition coefficient (Wildman–Crippen LogP) is 2.69. The molecule has 0 unspecified atom stereocenters. The number of pyridine rings is 1. The first-order chi connectivity index (χ1) is 15.0. The molecule has 2 aromatic rings. The van der Waals surface area contributed by atoms with Crippen LogP contribution in [-0.4, -0.2) is 73.5 Å². The maximum atomic E-state index is 12.7. The summed E-state index contributed by atoms with van der Waals surface area (Å²) in [5.74, 6) is 0.832. The van der Waals surface area contributed by atoms with E-state index in [1.807, 2.05) is 12.1 Å². The van der Waals surface area contributed by atoms with Gasteiger partial charge in [-0.3, -0.25) is 9.59 Å². The van der Waals surface area contributed by atoms with Gasteiger partial charge in [-0.25, -0.2) is 4.98 Å². The summed E-state index contributed by atoms with van der Waals surface area (Å²) in [5, 5.41) is 3.66. The minimum atomic E-state index is -0.114. The Balaban J connectivity index is 1.71. The van der Waals surface area contributed by atoms with E-state index in [0.717, 1.165) is 11.1 Å². The molecule has 9 heteroatoms. The number of carbonyl (C=O) groups excluding carboxylic acids is 2. The number of ether oxygens (including phenoxy) is 2. The van der Waals surface area contributed by atoms with Crippen LogP contribution in [0.5, 0.6) is 11.6 Å². The number of piperazine rings is 1. The number of methoxy groups -OCH3 is 2. The fourth-order valence-electron chi connectivity index (χ4n) is 3.36. The van der Waals surface area contributed by atoms with Crippen LogP contribution in [0.4, 0.5) is 5.69 Å². The third-order valence-corrected chi connectivity index (χ3v) is 5.41. The van der Waals surface area contributed by atoms with Gasteiger partial charge >= 0.3 is 0 Å². The van der Waals surface area contributed by atoms with E-state index in [2.05, 4.69) is 16.9 Å². The lowest BCUT2D eigenvalue weighted by atomic mass is 10.1. The van der Waals surface area contributed by atoms with Crippen LogP contribution in [0.25, 0.3) is 11.1 Å². The molecule has 1 fully saturated rings. The van der Waals surface area contributed by atoms with Crippen LogP contribution < -0.4 is 14.8 Å². The highest BCUT2D eigenvalue weighted by molar-refractivity contribution is 6.33. The number of benzene rings is 1. The number of halogens is 1. The molecular weight excluding hydrogens is 420 g/mol. The Kier molecular flexibility index (Phi) is 7.36. The van der Waals surface area contributed by atoms with Crippen molar-refractivity contribution in [2.75, 3.05) is 52.3 Å². The molecule has 1 N–H and O–H groups in total. The zero-order valence-electron chi connectivity index (χ0n) is 17.6. The molecule has 3 rings (SSSR count). The molecule has 1 saturated heterocycles. The summed E-state index contributed by atoms with van der Waals surface area (Å²) >= 11 is 6.46. The standard InChI is InChI=1S/C22H25ClN4O4/c1-4-21(28)26-7-9-27(10-8-26)22(29)14-25-18-12-16(17(23)13-19(18)30-2)15-5-6-24-20(11-15)31-3/h4-6,11-13,25H,1,7-10,14H2,2-3H3. The number of amides is 2. The van der Waals surface area contributed by atoms with Gasteiger partial charge in [-0.15, -0.1) is 0 Å². The number of carbonyl (C=O) groups is 2. The average Bonchev–Trinajstić information content (AvgIpc) is 2.82. The first kappa shape index (κ1) is 22.4. The Morgan fingerprint density at radius 2 is 1.87 bits per heavy atom. The van der Waals surface area contributed by atoms with Gasteiger partial charge in [0.05, 0.1) is 31.5 Å². The maximum absolute atomic E-state index is 12.7. The van der Waals surface area contributed by atoms with Gasteiger partial charge in [-0.05, 0) is 23.8 Å². The first-order valence-electron chi connectivity index (χ1n) is 9.77. The molecule has 0 radical (unpaired) electrons. The lowest BCUT2D eigenvalue weighted by Gasteiger charge is -2.34. The van der Waals surface area contributed by atoms with Crippen LogP contribution in [0.3, 0.4) is 0 Å². The first-order valence-corrected chi connectivity index (χ1v) is 10.2. The van der Waals surface area contributed by atoms with E-state index < -0.39 is 0 Å². The summed E-state index contributed by atoms with van der Waals surface area (Å²) < 4.78 is 10.6. The maximum Gasteiger partial charge on any atom is 0.246 e. The predicted molar refractivity (Wildman–Crippen MR) is 120 cm³/mol. The van der Waals surface area contributed by atoms with Crippen molar-refractivity contribution in [2.24, 2.45) is 0 Å². The Hall–Kier alpha value is -3.26. The SMILES string of the molecule is C=CC(=O)N1CCN(C(=O)CNc2cc(-c3ccnc(OC)c3)c(Cl)cc2OC)CC1. The molecule has 1 aliphatic rings. The average molecular weight is 445 g/mol. The molecule has 164 valence electrons. The van der Waals surface area contributed by atoms with Crippen LogP contribution in [0, 0.1) is 0 Å². The van der Waals surface area contributed by atoms with Crippen molar-refractivity contribution >= 4 is 29.1 Å². The van der Waals surface area contributed by atoms with Gasteiger partial charge in [0.25, 0.3) is 0 Å². The van der Waals surface area contributed by atoms with E-state index in [-0.39, 0.29) is 18.4 Å². The van der Waals surface area contributed by atoms with Crippen LogP contribution in [0.15, 0.2) is 43.1 Å². The van der Waals surface area contributed by atoms with Crippen LogP contribution >= 0.6 is 11.6 Å². The largest absolute Gasteiger partial charge is 0.495 e. The fourth-order valence-corrected chi connectivity index (χ4v) is 3.62. The Labute approximate surface area is 186 Å². The van der Waals surface area contributed by atoms with Crippen LogP contribution in [-0.2, 0) is 9.59 Å². The number of rotatable bonds is 7. The molecule has 0 bridgehead atoms. The topological polar surface area (TPSA) is 84.0 Å². The van der Waals surface area contributed by atoms with E-state index in [4.69, 9.17) is 21.1 Å². The minimum Gasteiger partial charge on any atom is -0.495 e. The molecule has 0 saturated carbocycles. The Bertz CT molecular complexity index is 974. The Morgan fingerprint density at radius 3 is 2.52 bits per heavy atom. The number of nitrogens with zero attached hydrogens (tertiary/aromatic N) is 3. The molecule has 2 amide bonds. The minimum absolute atomic E-state index is 0.0603. The lowest BCUT2D eigenvalue weighted by molar-refractivity contribution is -0.135.